The first-order valence-electron chi connectivity index (χ1n) is 6.89. The normalized spacial score (nSPS) is 12.0. The fourth-order valence-electron chi connectivity index (χ4n) is 2.01. The van der Waals surface area contributed by atoms with Gasteiger partial charge in [-0.25, -0.2) is 0 Å². The third-order valence-electron chi connectivity index (χ3n) is 3.30. The molecule has 1 rings (SSSR count). The Kier molecular flexibility index (Phi) is 7.14. The van der Waals surface area contributed by atoms with E-state index in [0.29, 0.717) is 30.4 Å². The number of hydrogen-bond acceptors (Lipinski definition) is 4. The van der Waals surface area contributed by atoms with Crippen molar-refractivity contribution in [3.05, 3.63) is 28.8 Å². The number of carboxylic acids is 1. The third-order valence-corrected chi connectivity index (χ3v) is 3.54. The van der Waals surface area contributed by atoms with Crippen LogP contribution in [0.15, 0.2) is 18.2 Å². The van der Waals surface area contributed by atoms with E-state index in [1.165, 1.54) is 14.0 Å². The van der Waals surface area contributed by atoms with Crippen molar-refractivity contribution in [2.75, 3.05) is 20.2 Å². The van der Waals surface area contributed by atoms with Gasteiger partial charge in [-0.3, -0.25) is 14.5 Å². The fraction of sp³-hybridized carbons (Fsp3) is 0.467. The van der Waals surface area contributed by atoms with Gasteiger partial charge in [0.15, 0.2) is 0 Å². The van der Waals surface area contributed by atoms with Gasteiger partial charge in [-0.1, -0.05) is 17.7 Å². The lowest BCUT2D eigenvalue weighted by molar-refractivity contribution is -0.142. The van der Waals surface area contributed by atoms with Crippen molar-refractivity contribution in [3.63, 3.8) is 0 Å². The predicted molar refractivity (Wildman–Crippen MR) is 84.2 cm³/mol. The zero-order chi connectivity index (χ0) is 16.7. The first kappa shape index (κ1) is 18.3. The van der Waals surface area contributed by atoms with Crippen molar-refractivity contribution in [1.29, 1.82) is 0 Å². The van der Waals surface area contributed by atoms with E-state index in [4.69, 9.17) is 16.3 Å². The van der Waals surface area contributed by atoms with Gasteiger partial charge in [0.25, 0.3) is 0 Å². The molecule has 0 heterocycles. The van der Waals surface area contributed by atoms with E-state index in [1.54, 1.807) is 30.0 Å². The van der Waals surface area contributed by atoms with Gasteiger partial charge in [0.05, 0.1) is 7.11 Å². The average molecular weight is 329 g/mol. The average Bonchev–Trinajstić information content (AvgIpc) is 2.46. The van der Waals surface area contributed by atoms with E-state index in [9.17, 15) is 14.7 Å². The molecule has 0 bridgehead atoms. The molecule has 2 N–H and O–H groups in total. The molecule has 0 radical (unpaired) electrons. The van der Waals surface area contributed by atoms with Crippen molar-refractivity contribution in [1.82, 2.24) is 10.2 Å². The van der Waals surface area contributed by atoms with Gasteiger partial charge in [-0.05, 0) is 19.1 Å². The summed E-state index contributed by atoms with van der Waals surface area (Å²) in [7, 11) is 1.54. The van der Waals surface area contributed by atoms with Gasteiger partial charge in [-0.2, -0.15) is 0 Å². The molecule has 1 atom stereocenters. The minimum Gasteiger partial charge on any atom is -0.496 e. The Hall–Kier alpha value is -1.79. The van der Waals surface area contributed by atoms with E-state index in [0.717, 1.165) is 5.56 Å². The van der Waals surface area contributed by atoms with Crippen LogP contribution in [0.25, 0.3) is 0 Å². The van der Waals surface area contributed by atoms with Crippen molar-refractivity contribution >= 4 is 23.5 Å². The minimum absolute atomic E-state index is 0.146. The number of amides is 1. The summed E-state index contributed by atoms with van der Waals surface area (Å²) in [6.45, 7) is 4.21. The van der Waals surface area contributed by atoms with Crippen LogP contribution in [0, 0.1) is 0 Å². The molecule has 0 aliphatic rings. The van der Waals surface area contributed by atoms with Crippen molar-refractivity contribution in [3.8, 4) is 5.75 Å². The largest absolute Gasteiger partial charge is 0.496 e. The number of carbonyl (C=O) groups is 2. The maximum atomic E-state index is 11.3. The summed E-state index contributed by atoms with van der Waals surface area (Å²) < 4.78 is 5.28. The zero-order valence-corrected chi connectivity index (χ0v) is 13.7. The Balaban J connectivity index is 2.87. The van der Waals surface area contributed by atoms with Gasteiger partial charge < -0.3 is 15.2 Å². The molecule has 1 aromatic carbocycles. The molecule has 1 amide bonds. The summed E-state index contributed by atoms with van der Waals surface area (Å²) >= 11 is 5.93. The van der Waals surface area contributed by atoms with E-state index < -0.39 is 12.0 Å². The van der Waals surface area contributed by atoms with Gasteiger partial charge in [0.1, 0.15) is 11.8 Å². The third kappa shape index (κ3) is 5.54. The minimum atomic E-state index is -0.921. The van der Waals surface area contributed by atoms with Crippen LogP contribution in [0.2, 0.25) is 5.02 Å². The van der Waals surface area contributed by atoms with Crippen LogP contribution >= 0.6 is 11.6 Å². The number of nitrogens with zero attached hydrogens (tertiary/aromatic N) is 1. The monoisotopic (exact) mass is 328 g/mol. The fourth-order valence-corrected chi connectivity index (χ4v) is 2.17. The second-order valence-electron chi connectivity index (χ2n) is 4.92. The smallest absolute Gasteiger partial charge is 0.320 e. The molecule has 7 heteroatoms. The van der Waals surface area contributed by atoms with E-state index in [2.05, 4.69) is 5.32 Å². The van der Waals surface area contributed by atoms with Crippen LogP contribution < -0.4 is 10.1 Å². The van der Waals surface area contributed by atoms with Crippen LogP contribution in [-0.4, -0.2) is 48.1 Å². The van der Waals surface area contributed by atoms with Gasteiger partial charge in [0, 0.05) is 37.1 Å². The Morgan fingerprint density at radius 2 is 2.14 bits per heavy atom. The summed E-state index contributed by atoms with van der Waals surface area (Å²) in [6.07, 6.45) is 0. The van der Waals surface area contributed by atoms with Crippen molar-refractivity contribution in [2.24, 2.45) is 0 Å². The number of carbonyl (C=O) groups excluding carboxylic acids is 1. The summed E-state index contributed by atoms with van der Waals surface area (Å²) in [5.41, 5.74) is 0.836. The molecule has 1 unspecified atom stereocenters. The van der Waals surface area contributed by atoms with Crippen molar-refractivity contribution < 1.29 is 19.4 Å². The van der Waals surface area contributed by atoms with Gasteiger partial charge in [0.2, 0.25) is 5.91 Å². The maximum absolute atomic E-state index is 11.3. The summed E-state index contributed by atoms with van der Waals surface area (Å²) in [4.78, 5) is 24.0. The van der Waals surface area contributed by atoms with Crippen LogP contribution in [0.3, 0.4) is 0 Å². The number of nitrogens with one attached hydrogen (secondary N) is 1. The molecule has 0 aromatic heterocycles. The lowest BCUT2D eigenvalue weighted by Crippen LogP contribution is -2.42. The van der Waals surface area contributed by atoms with Crippen LogP contribution in [0.5, 0.6) is 5.75 Å². The highest BCUT2D eigenvalue weighted by molar-refractivity contribution is 6.30. The lowest BCUT2D eigenvalue weighted by Gasteiger charge is -2.27. The number of rotatable bonds is 8. The molecule has 0 aliphatic heterocycles. The number of carboxylic acid groups (broad SMARTS) is 1. The SMILES string of the molecule is COc1cc(Cl)ccc1CN(CCNC(C)=O)C(C)C(=O)O. The topological polar surface area (TPSA) is 78.9 Å². The van der Waals surface area contributed by atoms with Crippen molar-refractivity contribution in [2.45, 2.75) is 26.4 Å². The number of methoxy groups -OCH3 is 1. The molecule has 0 aliphatic carbocycles. The molecule has 0 spiro atoms. The summed E-state index contributed by atoms with van der Waals surface area (Å²) in [5, 5.41) is 12.4. The quantitative estimate of drug-likeness (QED) is 0.760. The number of aliphatic carboxylic acids is 1. The zero-order valence-electron chi connectivity index (χ0n) is 12.9. The van der Waals surface area contributed by atoms with E-state index in [-0.39, 0.29) is 5.91 Å². The van der Waals surface area contributed by atoms with Crippen LogP contribution in [0.4, 0.5) is 0 Å². The Morgan fingerprint density at radius 3 is 2.68 bits per heavy atom. The van der Waals surface area contributed by atoms with E-state index in [1.807, 2.05) is 0 Å². The molecule has 0 saturated carbocycles. The van der Waals surface area contributed by atoms with Gasteiger partial charge >= 0.3 is 5.97 Å². The molecule has 0 fully saturated rings. The molecular formula is C15H21ClN2O4. The molecule has 22 heavy (non-hydrogen) atoms. The predicted octanol–water partition coefficient (Wildman–Crippen LogP) is 1.76. The molecule has 0 saturated heterocycles. The van der Waals surface area contributed by atoms with Crippen LogP contribution in [0.1, 0.15) is 19.4 Å². The first-order chi connectivity index (χ1) is 10.3. The molecule has 122 valence electrons. The second-order valence-corrected chi connectivity index (χ2v) is 5.36. The molecule has 1 aromatic rings. The number of ether oxygens (including phenoxy) is 1. The summed E-state index contributed by atoms with van der Waals surface area (Å²) in [5.74, 6) is -0.461. The lowest BCUT2D eigenvalue weighted by atomic mass is 10.1. The van der Waals surface area contributed by atoms with Crippen LogP contribution in [-0.2, 0) is 16.1 Å². The highest BCUT2D eigenvalue weighted by atomic mass is 35.5. The molecule has 6 nitrogen and oxygen atoms in total. The Labute approximate surface area is 135 Å². The molecular weight excluding hydrogens is 308 g/mol. The standard InChI is InChI=1S/C15H21ClN2O4/c1-10(15(20)21)18(7-6-17-11(2)19)9-12-4-5-13(16)8-14(12)22-3/h4-5,8,10H,6-7,9H2,1-3H3,(H,17,19)(H,20,21). The van der Waals surface area contributed by atoms with Gasteiger partial charge in [-0.15, -0.1) is 0 Å². The Morgan fingerprint density at radius 1 is 1.45 bits per heavy atom. The second kappa shape index (κ2) is 8.60. The maximum Gasteiger partial charge on any atom is 0.320 e. The summed E-state index contributed by atoms with van der Waals surface area (Å²) in [6, 6.07) is 4.54. The highest BCUT2D eigenvalue weighted by Gasteiger charge is 2.21. The number of benzene rings is 1. The first-order valence-corrected chi connectivity index (χ1v) is 7.26. The van der Waals surface area contributed by atoms with E-state index >= 15 is 0 Å². The Bertz CT molecular complexity index is 536. The highest BCUT2D eigenvalue weighted by Crippen LogP contribution is 2.25. The number of hydrogen-bond donors (Lipinski definition) is 2. The number of halogens is 1.